The van der Waals surface area contributed by atoms with Crippen molar-refractivity contribution in [1.29, 1.82) is 0 Å². The third-order valence-electron chi connectivity index (χ3n) is 6.15. The Morgan fingerprint density at radius 2 is 1.83 bits per heavy atom. The van der Waals surface area contributed by atoms with E-state index in [0.29, 0.717) is 48.0 Å². The van der Waals surface area contributed by atoms with Gasteiger partial charge in [0.2, 0.25) is 0 Å². The molecule has 0 unspecified atom stereocenters. The molecule has 0 aliphatic carbocycles. The lowest BCUT2D eigenvalue weighted by Crippen LogP contribution is -2.38. The Labute approximate surface area is 208 Å². The van der Waals surface area contributed by atoms with E-state index in [1.807, 2.05) is 0 Å². The van der Waals surface area contributed by atoms with E-state index in [4.69, 9.17) is 11.6 Å². The number of piperidine rings is 1. The van der Waals surface area contributed by atoms with Gasteiger partial charge < -0.3 is 21.8 Å². The van der Waals surface area contributed by atoms with Gasteiger partial charge in [0, 0.05) is 36.8 Å². The number of benzene rings is 1. The van der Waals surface area contributed by atoms with Gasteiger partial charge >= 0.3 is 0 Å². The molecule has 0 atom stereocenters. The Bertz CT molecular complexity index is 1330. The van der Waals surface area contributed by atoms with Crippen molar-refractivity contribution < 1.29 is 14.4 Å². The van der Waals surface area contributed by atoms with Crippen molar-refractivity contribution >= 4 is 23.5 Å². The Morgan fingerprint density at radius 1 is 1.11 bits per heavy atom. The zero-order valence-corrected chi connectivity index (χ0v) is 19.9. The largest absolute Gasteiger partial charge is 0.364 e. The standard InChI is InChI=1S/C26H27N7O3/c1-2-5-22(34)32-14-11-17(12-15-32)16-21-31-23(24(25(27)35)33(21)28)18-7-9-19(10-8-18)26(36)30-20-6-3-4-13-29-20/h3-4,6-10,13,17H,11-12,14-16,28H2,1H3,(H2,27,35)(H,29,30,36). The maximum Gasteiger partial charge on any atom is 0.298 e. The first-order valence-electron chi connectivity index (χ1n) is 11.6. The van der Waals surface area contributed by atoms with E-state index >= 15 is 0 Å². The molecule has 0 spiro atoms. The number of pyridine rings is 1. The molecule has 10 nitrogen and oxygen atoms in total. The van der Waals surface area contributed by atoms with Gasteiger partial charge in [-0.2, -0.15) is 0 Å². The summed E-state index contributed by atoms with van der Waals surface area (Å²) in [5.74, 6) is 11.5. The second-order valence-electron chi connectivity index (χ2n) is 8.52. The molecule has 1 aromatic carbocycles. The van der Waals surface area contributed by atoms with Crippen LogP contribution in [0.15, 0.2) is 48.7 Å². The molecule has 1 aliphatic heterocycles. The highest BCUT2D eigenvalue weighted by Crippen LogP contribution is 2.27. The van der Waals surface area contributed by atoms with E-state index in [-0.39, 0.29) is 23.4 Å². The van der Waals surface area contributed by atoms with E-state index in [0.717, 1.165) is 12.8 Å². The Kier molecular flexibility index (Phi) is 7.30. The summed E-state index contributed by atoms with van der Waals surface area (Å²) >= 11 is 0. The molecule has 5 N–H and O–H groups in total. The lowest BCUT2D eigenvalue weighted by molar-refractivity contribution is -0.126. The number of imidazole rings is 1. The first kappa shape index (κ1) is 24.5. The highest BCUT2D eigenvalue weighted by atomic mass is 16.2. The normalized spacial score (nSPS) is 13.5. The Hall–Kier alpha value is -4.65. The van der Waals surface area contributed by atoms with Crippen molar-refractivity contribution in [1.82, 2.24) is 19.5 Å². The van der Waals surface area contributed by atoms with Gasteiger partial charge in [-0.15, -0.1) is 0 Å². The van der Waals surface area contributed by atoms with Crippen LogP contribution < -0.4 is 16.9 Å². The molecule has 0 saturated carbocycles. The summed E-state index contributed by atoms with van der Waals surface area (Å²) in [7, 11) is 0. The fourth-order valence-corrected chi connectivity index (χ4v) is 4.25. The zero-order valence-electron chi connectivity index (χ0n) is 19.9. The Morgan fingerprint density at radius 3 is 2.44 bits per heavy atom. The van der Waals surface area contributed by atoms with Gasteiger partial charge in [0.05, 0.1) is 0 Å². The molecule has 0 bridgehead atoms. The fraction of sp³-hybridized carbons (Fsp3) is 0.269. The summed E-state index contributed by atoms with van der Waals surface area (Å²) in [5.41, 5.74) is 7.13. The summed E-state index contributed by atoms with van der Waals surface area (Å²) in [6.45, 7) is 2.87. The van der Waals surface area contributed by atoms with Crippen LogP contribution in [0.3, 0.4) is 0 Å². The van der Waals surface area contributed by atoms with Crippen LogP contribution in [0, 0.1) is 17.8 Å². The molecular formula is C26H27N7O3. The number of anilines is 1. The van der Waals surface area contributed by atoms with Crippen LogP contribution in [0.25, 0.3) is 11.3 Å². The van der Waals surface area contributed by atoms with Gasteiger partial charge in [0.15, 0.2) is 5.69 Å². The molecule has 2 aromatic heterocycles. The predicted molar refractivity (Wildman–Crippen MR) is 135 cm³/mol. The molecule has 3 aromatic rings. The van der Waals surface area contributed by atoms with Crippen molar-refractivity contribution in [2.24, 2.45) is 11.7 Å². The number of hydrogen-bond donors (Lipinski definition) is 3. The minimum absolute atomic E-state index is 0.0986. The summed E-state index contributed by atoms with van der Waals surface area (Å²) in [5, 5.41) is 2.73. The average Bonchev–Trinajstić information content (AvgIpc) is 3.21. The first-order chi connectivity index (χ1) is 17.4. The molecule has 1 aliphatic rings. The average molecular weight is 486 g/mol. The van der Waals surface area contributed by atoms with Crippen molar-refractivity contribution in [3.05, 3.63) is 65.7 Å². The second-order valence-corrected chi connectivity index (χ2v) is 8.52. The van der Waals surface area contributed by atoms with Crippen molar-refractivity contribution in [2.45, 2.75) is 26.2 Å². The lowest BCUT2D eigenvalue weighted by atomic mass is 9.93. The van der Waals surface area contributed by atoms with Crippen LogP contribution in [0.4, 0.5) is 5.82 Å². The predicted octanol–water partition coefficient (Wildman–Crippen LogP) is 1.81. The number of primary amides is 1. The maximum absolute atomic E-state index is 12.5. The highest BCUT2D eigenvalue weighted by molar-refractivity contribution is 6.04. The zero-order chi connectivity index (χ0) is 25.7. The molecule has 1 fully saturated rings. The number of carbonyl (C=O) groups is 3. The quantitative estimate of drug-likeness (QED) is 0.358. The van der Waals surface area contributed by atoms with Crippen LogP contribution in [-0.4, -0.2) is 50.4 Å². The molecule has 3 heterocycles. The number of nitrogen functional groups attached to an aromatic ring is 1. The van der Waals surface area contributed by atoms with Crippen molar-refractivity contribution in [3.8, 4) is 23.1 Å². The van der Waals surface area contributed by atoms with E-state index in [9.17, 15) is 14.4 Å². The minimum atomic E-state index is -0.693. The molecule has 3 amide bonds. The molecule has 0 radical (unpaired) electrons. The smallest absolute Gasteiger partial charge is 0.298 e. The number of amides is 3. The molecule has 10 heteroatoms. The third-order valence-corrected chi connectivity index (χ3v) is 6.15. The second kappa shape index (κ2) is 10.7. The Balaban J connectivity index is 1.50. The van der Waals surface area contributed by atoms with Crippen molar-refractivity contribution in [2.75, 3.05) is 24.2 Å². The number of nitrogens with zero attached hydrogens (tertiary/aromatic N) is 4. The molecule has 36 heavy (non-hydrogen) atoms. The summed E-state index contributed by atoms with van der Waals surface area (Å²) in [6, 6.07) is 11.9. The van der Waals surface area contributed by atoms with Gasteiger partial charge in [-0.25, -0.2) is 14.6 Å². The summed E-state index contributed by atoms with van der Waals surface area (Å²) in [6.07, 6.45) is 3.70. The van der Waals surface area contributed by atoms with E-state index in [1.165, 1.54) is 4.68 Å². The van der Waals surface area contributed by atoms with Gasteiger partial charge in [-0.1, -0.05) is 24.1 Å². The van der Waals surface area contributed by atoms with E-state index < -0.39 is 5.91 Å². The van der Waals surface area contributed by atoms with Crippen LogP contribution in [-0.2, 0) is 11.2 Å². The molecular weight excluding hydrogens is 458 g/mol. The number of aromatic nitrogens is 3. The fourth-order valence-electron chi connectivity index (χ4n) is 4.25. The summed E-state index contributed by atoms with van der Waals surface area (Å²) in [4.78, 5) is 47.2. The van der Waals surface area contributed by atoms with Gasteiger partial charge in [-0.3, -0.25) is 14.4 Å². The van der Waals surface area contributed by atoms with Crippen LogP contribution in [0.5, 0.6) is 0 Å². The van der Waals surface area contributed by atoms with Gasteiger partial charge in [0.1, 0.15) is 17.3 Å². The maximum atomic E-state index is 12.5. The van der Waals surface area contributed by atoms with Crippen LogP contribution >= 0.6 is 0 Å². The van der Waals surface area contributed by atoms with Gasteiger partial charge in [-0.05, 0) is 55.9 Å². The highest BCUT2D eigenvalue weighted by Gasteiger charge is 2.26. The van der Waals surface area contributed by atoms with Crippen molar-refractivity contribution in [3.63, 3.8) is 0 Å². The van der Waals surface area contributed by atoms with Crippen LogP contribution in [0.2, 0.25) is 0 Å². The number of nitrogens with two attached hydrogens (primary N) is 2. The third kappa shape index (κ3) is 5.36. The van der Waals surface area contributed by atoms with Crippen LogP contribution in [0.1, 0.15) is 46.4 Å². The van der Waals surface area contributed by atoms with E-state index in [2.05, 4.69) is 27.1 Å². The SMILES string of the molecule is CC#CC(=O)N1CCC(Cc2nc(-c3ccc(C(=O)Nc4ccccn4)cc3)c(C(N)=O)n2N)CC1. The lowest BCUT2D eigenvalue weighted by Gasteiger charge is -2.30. The summed E-state index contributed by atoms with van der Waals surface area (Å²) < 4.78 is 1.25. The monoisotopic (exact) mass is 485 g/mol. The molecule has 4 rings (SSSR count). The minimum Gasteiger partial charge on any atom is -0.364 e. The van der Waals surface area contributed by atoms with Gasteiger partial charge in [0.25, 0.3) is 17.7 Å². The number of nitrogens with one attached hydrogen (secondary N) is 1. The number of likely N-dealkylation sites (tertiary alicyclic amines) is 1. The first-order valence-corrected chi connectivity index (χ1v) is 11.6. The van der Waals surface area contributed by atoms with E-state index in [1.54, 1.807) is 60.5 Å². The molecule has 184 valence electrons. The number of rotatable bonds is 6. The number of hydrogen-bond acceptors (Lipinski definition) is 6. The molecule has 1 saturated heterocycles. The topological polar surface area (TPSA) is 149 Å². The number of carbonyl (C=O) groups excluding carboxylic acids is 3.